The number of benzene rings is 2. The van der Waals surface area contributed by atoms with Crippen molar-refractivity contribution in [2.45, 2.75) is 10.1 Å². The molecule has 1 N–H and O–H groups in total. The minimum absolute atomic E-state index is 0.0478. The Morgan fingerprint density at radius 3 is 2.64 bits per heavy atom. The maximum Gasteiger partial charge on any atom is 0.133 e. The van der Waals surface area contributed by atoms with Gasteiger partial charge in [-0.05, 0) is 11.6 Å². The third-order valence-corrected chi connectivity index (χ3v) is 5.35. The van der Waals surface area contributed by atoms with Gasteiger partial charge in [0.1, 0.15) is 5.75 Å². The number of fused-ring (bicyclic) bond motifs is 1. The van der Waals surface area contributed by atoms with Gasteiger partial charge in [-0.15, -0.1) is 11.8 Å². The topological polar surface area (TPSA) is 41.8 Å². The molecule has 22 heavy (non-hydrogen) atoms. The van der Waals surface area contributed by atoms with Gasteiger partial charge in [0, 0.05) is 11.1 Å². The maximum absolute atomic E-state index is 8.99. The van der Waals surface area contributed by atoms with E-state index in [-0.39, 0.29) is 5.25 Å². The first kappa shape index (κ1) is 15.0. The number of hydrogen-bond acceptors (Lipinski definition) is 4. The molecule has 0 amide bonds. The maximum atomic E-state index is 8.99. The Balaban J connectivity index is 2.19. The van der Waals surface area contributed by atoms with Gasteiger partial charge in [-0.1, -0.05) is 59.2 Å². The van der Waals surface area contributed by atoms with Crippen LogP contribution in [0.5, 0.6) is 5.75 Å². The van der Waals surface area contributed by atoms with E-state index < -0.39 is 0 Å². The summed E-state index contributed by atoms with van der Waals surface area (Å²) in [4.78, 5) is 0.999. The molecule has 3 nitrogen and oxygen atoms in total. The van der Waals surface area contributed by atoms with Gasteiger partial charge in [0.25, 0.3) is 0 Å². The Kier molecular flexibility index (Phi) is 4.41. The Morgan fingerprint density at radius 2 is 1.95 bits per heavy atom. The van der Waals surface area contributed by atoms with Crippen LogP contribution in [0.25, 0.3) is 5.03 Å². The minimum Gasteiger partial charge on any atom is -0.496 e. The lowest BCUT2D eigenvalue weighted by Gasteiger charge is -2.27. The lowest BCUT2D eigenvalue weighted by Crippen LogP contribution is -2.08. The molecule has 5 heteroatoms. The number of oxime groups is 1. The summed E-state index contributed by atoms with van der Waals surface area (Å²) in [5.41, 5.74) is 2.77. The molecular weight excluding hydrogens is 318 g/mol. The molecule has 1 aliphatic rings. The highest BCUT2D eigenvalue weighted by atomic mass is 35.5. The van der Waals surface area contributed by atoms with Crippen LogP contribution in [0.3, 0.4) is 0 Å². The van der Waals surface area contributed by atoms with Crippen LogP contribution >= 0.6 is 23.4 Å². The van der Waals surface area contributed by atoms with Gasteiger partial charge in [0.05, 0.1) is 28.5 Å². The highest BCUT2D eigenvalue weighted by Gasteiger charge is 2.29. The molecular formula is C17H14ClNO2S. The van der Waals surface area contributed by atoms with E-state index in [9.17, 15) is 0 Å². The van der Waals surface area contributed by atoms with Crippen molar-refractivity contribution in [2.24, 2.45) is 5.16 Å². The quantitative estimate of drug-likeness (QED) is 0.491. The first-order valence-corrected chi connectivity index (χ1v) is 7.98. The SMILES string of the molecule is COc1cccc2c1SC(c1ccccc1)C(C=NO)=C2Cl. The largest absolute Gasteiger partial charge is 0.496 e. The summed E-state index contributed by atoms with van der Waals surface area (Å²) < 4.78 is 5.46. The zero-order chi connectivity index (χ0) is 15.5. The Bertz CT molecular complexity index is 744. The normalized spacial score (nSPS) is 17.6. The zero-order valence-electron chi connectivity index (χ0n) is 11.9. The molecule has 0 fully saturated rings. The molecule has 0 aromatic heterocycles. The molecule has 3 rings (SSSR count). The molecule has 0 aliphatic carbocycles. The van der Waals surface area contributed by atoms with E-state index in [4.69, 9.17) is 21.5 Å². The van der Waals surface area contributed by atoms with Crippen LogP contribution in [0.2, 0.25) is 0 Å². The molecule has 2 aromatic rings. The fourth-order valence-corrected chi connectivity index (χ4v) is 4.32. The smallest absolute Gasteiger partial charge is 0.133 e. The van der Waals surface area contributed by atoms with E-state index >= 15 is 0 Å². The van der Waals surface area contributed by atoms with Crippen LogP contribution < -0.4 is 4.74 Å². The van der Waals surface area contributed by atoms with Crippen LogP contribution in [0.4, 0.5) is 0 Å². The van der Waals surface area contributed by atoms with Gasteiger partial charge >= 0.3 is 0 Å². The van der Waals surface area contributed by atoms with Crippen molar-refractivity contribution in [1.29, 1.82) is 0 Å². The third-order valence-electron chi connectivity index (χ3n) is 3.51. The first-order chi connectivity index (χ1) is 10.8. The van der Waals surface area contributed by atoms with Gasteiger partial charge in [-0.25, -0.2) is 0 Å². The van der Waals surface area contributed by atoms with Gasteiger partial charge < -0.3 is 9.94 Å². The summed E-state index contributed by atoms with van der Waals surface area (Å²) in [5, 5.41) is 12.7. The minimum atomic E-state index is -0.0478. The van der Waals surface area contributed by atoms with Crippen LogP contribution in [0.1, 0.15) is 16.4 Å². The van der Waals surface area contributed by atoms with Crippen LogP contribution in [0, 0.1) is 0 Å². The van der Waals surface area contributed by atoms with Crippen LogP contribution in [0.15, 0.2) is 64.2 Å². The van der Waals surface area contributed by atoms with E-state index in [1.165, 1.54) is 6.21 Å². The van der Waals surface area contributed by atoms with Crippen molar-refractivity contribution >= 4 is 34.6 Å². The molecule has 112 valence electrons. The molecule has 1 unspecified atom stereocenters. The van der Waals surface area contributed by atoms with E-state index in [1.54, 1.807) is 18.9 Å². The summed E-state index contributed by atoms with van der Waals surface area (Å²) in [6.45, 7) is 0. The molecule has 1 aliphatic heterocycles. The predicted molar refractivity (Wildman–Crippen MR) is 91.1 cm³/mol. The summed E-state index contributed by atoms with van der Waals surface area (Å²) in [5.74, 6) is 0.793. The van der Waals surface area contributed by atoms with Crippen molar-refractivity contribution in [3.63, 3.8) is 0 Å². The Hall–Kier alpha value is -1.91. The average molecular weight is 332 g/mol. The molecule has 1 heterocycles. The van der Waals surface area contributed by atoms with Gasteiger partial charge in [-0.2, -0.15) is 0 Å². The second-order valence-electron chi connectivity index (χ2n) is 4.76. The monoisotopic (exact) mass is 331 g/mol. The van der Waals surface area contributed by atoms with Gasteiger partial charge in [-0.3, -0.25) is 0 Å². The fraction of sp³-hybridized carbons (Fsp3) is 0.118. The number of hydrogen-bond donors (Lipinski definition) is 1. The number of rotatable bonds is 3. The Labute approximate surface area is 138 Å². The van der Waals surface area contributed by atoms with Gasteiger partial charge in [0.2, 0.25) is 0 Å². The second-order valence-corrected chi connectivity index (χ2v) is 6.25. The number of thioether (sulfide) groups is 1. The molecule has 0 spiro atoms. The number of ether oxygens (including phenoxy) is 1. The van der Waals surface area contributed by atoms with Crippen molar-refractivity contribution in [3.05, 3.63) is 65.2 Å². The second kappa shape index (κ2) is 6.46. The zero-order valence-corrected chi connectivity index (χ0v) is 13.4. The average Bonchev–Trinajstić information content (AvgIpc) is 2.57. The van der Waals surface area contributed by atoms with E-state index in [0.717, 1.165) is 27.3 Å². The number of halogens is 1. The lowest BCUT2D eigenvalue weighted by atomic mass is 10.0. The highest BCUT2D eigenvalue weighted by molar-refractivity contribution is 8.00. The predicted octanol–water partition coefficient (Wildman–Crippen LogP) is 4.95. The third kappa shape index (κ3) is 2.60. The van der Waals surface area contributed by atoms with E-state index in [1.807, 2.05) is 48.5 Å². The summed E-state index contributed by atoms with van der Waals surface area (Å²) in [6.07, 6.45) is 1.41. The Morgan fingerprint density at radius 1 is 1.18 bits per heavy atom. The van der Waals surface area contributed by atoms with Gasteiger partial charge in [0.15, 0.2) is 0 Å². The molecule has 0 radical (unpaired) electrons. The standard InChI is InChI=1S/C17H14ClNO2S/c1-21-14-9-5-8-12-15(18)13(10-19-20)16(22-17(12)14)11-6-3-2-4-7-11/h2-10,16,20H,1H3. The number of nitrogens with zero attached hydrogens (tertiary/aromatic N) is 1. The fourth-order valence-electron chi connectivity index (χ4n) is 2.48. The summed E-state index contributed by atoms with van der Waals surface area (Å²) in [7, 11) is 1.65. The molecule has 1 atom stereocenters. The van der Waals surface area contributed by atoms with Crippen molar-refractivity contribution in [2.75, 3.05) is 7.11 Å². The lowest BCUT2D eigenvalue weighted by molar-refractivity contribution is 0.321. The first-order valence-electron chi connectivity index (χ1n) is 6.72. The van der Waals surface area contributed by atoms with Crippen molar-refractivity contribution in [1.82, 2.24) is 0 Å². The van der Waals surface area contributed by atoms with Crippen LogP contribution in [-0.4, -0.2) is 18.5 Å². The molecule has 2 aromatic carbocycles. The summed E-state index contributed by atoms with van der Waals surface area (Å²) in [6, 6.07) is 15.8. The van der Waals surface area contributed by atoms with Crippen molar-refractivity contribution in [3.8, 4) is 5.75 Å². The van der Waals surface area contributed by atoms with Crippen LogP contribution in [-0.2, 0) is 0 Å². The van der Waals surface area contributed by atoms with Crippen molar-refractivity contribution < 1.29 is 9.94 Å². The number of methoxy groups -OCH3 is 1. The molecule has 0 saturated heterocycles. The van der Waals surface area contributed by atoms with E-state index in [0.29, 0.717) is 5.03 Å². The van der Waals surface area contributed by atoms with E-state index in [2.05, 4.69) is 5.16 Å². The molecule has 0 bridgehead atoms. The molecule has 0 saturated carbocycles. The summed E-state index contributed by atoms with van der Waals surface area (Å²) >= 11 is 8.22. The highest BCUT2D eigenvalue weighted by Crippen LogP contribution is 2.53.